The first-order valence-corrected chi connectivity index (χ1v) is 18.5. The number of benzene rings is 1. The molecule has 0 aromatic heterocycles. The Bertz CT molecular complexity index is 911. The lowest BCUT2D eigenvalue weighted by molar-refractivity contribution is -0.889. The Kier molecular flexibility index (Phi) is 19.7. The van der Waals surface area contributed by atoms with Crippen LogP contribution in [0.5, 0.6) is 5.75 Å². The van der Waals surface area contributed by atoms with Crippen LogP contribution in [-0.2, 0) is 24.4 Å². The van der Waals surface area contributed by atoms with E-state index in [0.29, 0.717) is 25.5 Å². The van der Waals surface area contributed by atoms with E-state index in [1.54, 1.807) is 0 Å². The molecular weight excluding hydrogens is 623 g/mol. The topological polar surface area (TPSA) is 67.8 Å². The summed E-state index contributed by atoms with van der Waals surface area (Å²) in [5.41, 5.74) is 1.94. The van der Waals surface area contributed by atoms with Crippen LogP contribution in [-0.4, -0.2) is 56.5 Å². The Morgan fingerprint density at radius 3 is 1.58 bits per heavy atom. The van der Waals surface area contributed by atoms with E-state index in [2.05, 4.69) is 67.9 Å². The van der Waals surface area contributed by atoms with E-state index in [1.165, 1.54) is 64.2 Å². The first kappa shape index (κ1) is 42.6. The molecule has 43 heavy (non-hydrogen) atoms. The first-order chi connectivity index (χ1) is 19.5. The number of rotatable bonds is 21. The molecular formula is C35H68BrN2O4P. The van der Waals surface area contributed by atoms with Gasteiger partial charge in [-0.15, -0.1) is 0 Å². The van der Waals surface area contributed by atoms with Crippen molar-refractivity contribution in [3.8, 4) is 5.75 Å². The molecule has 0 aliphatic carbocycles. The highest BCUT2D eigenvalue weighted by molar-refractivity contribution is 7.54. The van der Waals surface area contributed by atoms with E-state index in [1.807, 2.05) is 26.0 Å². The van der Waals surface area contributed by atoms with Gasteiger partial charge in [0.25, 0.3) is 0 Å². The molecule has 0 heterocycles. The van der Waals surface area contributed by atoms with Gasteiger partial charge < -0.3 is 35.6 Å². The highest BCUT2D eigenvalue weighted by atomic mass is 79.9. The Hall–Kier alpha value is -0.430. The minimum Gasteiger partial charge on any atom is -1.00 e. The van der Waals surface area contributed by atoms with E-state index in [0.717, 1.165) is 34.3 Å². The molecule has 0 fully saturated rings. The fraction of sp³-hybridized carbons (Fsp3) is 0.829. The summed E-state index contributed by atoms with van der Waals surface area (Å²) in [6.07, 6.45) is 13.4. The number of phenols is 1. The molecule has 6 nitrogen and oxygen atoms in total. The third-order valence-electron chi connectivity index (χ3n) is 8.17. The zero-order chi connectivity index (χ0) is 32.0. The van der Waals surface area contributed by atoms with Gasteiger partial charge in [0.1, 0.15) is 11.5 Å². The van der Waals surface area contributed by atoms with Gasteiger partial charge in [-0.05, 0) is 66.3 Å². The number of unbranched alkanes of at least 4 members (excludes halogenated alkanes) is 9. The highest BCUT2D eigenvalue weighted by Gasteiger charge is 2.39. The minimum absolute atomic E-state index is 0. The number of phenolic OH excluding ortho intramolecular Hbond substituents is 1. The molecule has 0 aliphatic rings. The summed E-state index contributed by atoms with van der Waals surface area (Å²) in [4.78, 5) is 0. The number of nitrogens with one attached hydrogen (secondary N) is 1. The van der Waals surface area contributed by atoms with Crippen LogP contribution in [0.15, 0.2) is 12.1 Å². The van der Waals surface area contributed by atoms with E-state index in [4.69, 9.17) is 9.05 Å². The summed E-state index contributed by atoms with van der Waals surface area (Å²) >= 11 is 0. The van der Waals surface area contributed by atoms with Crippen molar-refractivity contribution in [2.75, 3.05) is 46.9 Å². The fourth-order valence-corrected chi connectivity index (χ4v) is 7.52. The number of halogens is 1. The van der Waals surface area contributed by atoms with Crippen LogP contribution in [0.3, 0.4) is 0 Å². The quantitative estimate of drug-likeness (QED) is 0.0840. The van der Waals surface area contributed by atoms with E-state index in [-0.39, 0.29) is 27.8 Å². The van der Waals surface area contributed by atoms with Crippen LogP contribution in [0.25, 0.3) is 0 Å². The third kappa shape index (κ3) is 15.1. The monoisotopic (exact) mass is 690 g/mol. The lowest BCUT2D eigenvalue weighted by Gasteiger charge is -2.34. The van der Waals surface area contributed by atoms with E-state index < -0.39 is 13.4 Å². The average Bonchev–Trinajstić information content (AvgIpc) is 2.87. The Morgan fingerprint density at radius 1 is 0.767 bits per heavy atom. The van der Waals surface area contributed by atoms with Gasteiger partial charge in [0.05, 0.1) is 40.4 Å². The molecule has 0 radical (unpaired) electrons. The number of hydrogen-bond acceptors (Lipinski definition) is 5. The van der Waals surface area contributed by atoms with Gasteiger partial charge in [-0.3, -0.25) is 9.88 Å². The van der Waals surface area contributed by atoms with Crippen molar-refractivity contribution in [2.45, 2.75) is 143 Å². The van der Waals surface area contributed by atoms with Gasteiger partial charge in [0, 0.05) is 6.54 Å². The molecule has 1 rings (SSSR count). The van der Waals surface area contributed by atoms with Gasteiger partial charge in [-0.1, -0.05) is 99.8 Å². The molecule has 8 heteroatoms. The van der Waals surface area contributed by atoms with Gasteiger partial charge in [0.2, 0.25) is 0 Å². The zero-order valence-electron chi connectivity index (χ0n) is 29.8. The maximum absolute atomic E-state index is 14.3. The summed E-state index contributed by atoms with van der Waals surface area (Å²) in [6.45, 7) is 21.9. The SMILES string of the molecule is CCCCCCCCCCCC[N+](C)(C)CCNC(c1cc(C(C)(C)C)c(O)c(C(C)(C)C)c1)P(=O)(OCC)OCC.[Br-]. The third-order valence-corrected chi connectivity index (χ3v) is 10.5. The van der Waals surface area contributed by atoms with Crippen molar-refractivity contribution in [1.82, 2.24) is 5.32 Å². The largest absolute Gasteiger partial charge is 1.00 e. The standard InChI is InChI=1S/C35H67N2O4P.BrH/c1-12-15-16-17-18-19-20-21-22-23-25-37(10,11)26-24-36-33(42(39,40-13-2)41-14-3)29-27-30(34(4,5)6)32(38)31(28-29)35(7,8)9;/h27-28,33,36H,12-26H2,1-11H3;1H. The number of likely N-dealkylation sites (N-methyl/N-ethyl adjacent to an activating group) is 1. The fourth-order valence-electron chi connectivity index (χ4n) is 5.56. The predicted octanol–water partition coefficient (Wildman–Crippen LogP) is 6.84. The maximum Gasteiger partial charge on any atom is 0.351 e. The summed E-state index contributed by atoms with van der Waals surface area (Å²) in [5, 5.41) is 14.9. The summed E-state index contributed by atoms with van der Waals surface area (Å²) in [5.74, 6) is -0.313. The maximum atomic E-state index is 14.3. The molecule has 1 aromatic rings. The molecule has 0 bridgehead atoms. The molecule has 0 saturated heterocycles. The van der Waals surface area contributed by atoms with Gasteiger partial charge in [-0.25, -0.2) is 0 Å². The van der Waals surface area contributed by atoms with Crippen LogP contribution in [0.1, 0.15) is 149 Å². The first-order valence-electron chi connectivity index (χ1n) is 16.8. The zero-order valence-corrected chi connectivity index (χ0v) is 32.3. The van der Waals surface area contributed by atoms with Gasteiger partial charge in [0.15, 0.2) is 0 Å². The smallest absolute Gasteiger partial charge is 0.351 e. The number of hydrogen-bond donors (Lipinski definition) is 2. The van der Waals surface area contributed by atoms with Crippen molar-refractivity contribution in [2.24, 2.45) is 0 Å². The molecule has 1 aromatic carbocycles. The van der Waals surface area contributed by atoms with Crippen molar-refractivity contribution < 1.29 is 40.2 Å². The summed E-state index contributed by atoms with van der Waals surface area (Å²) in [6, 6.07) is 3.99. The summed E-state index contributed by atoms with van der Waals surface area (Å²) in [7, 11) is 1.03. The predicted molar refractivity (Wildman–Crippen MR) is 181 cm³/mol. The van der Waals surface area contributed by atoms with Crippen molar-refractivity contribution in [3.05, 3.63) is 28.8 Å². The van der Waals surface area contributed by atoms with E-state index in [9.17, 15) is 9.67 Å². The van der Waals surface area contributed by atoms with Crippen molar-refractivity contribution in [3.63, 3.8) is 0 Å². The van der Waals surface area contributed by atoms with Crippen LogP contribution in [0.4, 0.5) is 0 Å². The van der Waals surface area contributed by atoms with Crippen LogP contribution < -0.4 is 22.3 Å². The molecule has 254 valence electrons. The van der Waals surface area contributed by atoms with Crippen molar-refractivity contribution in [1.29, 1.82) is 0 Å². The Morgan fingerprint density at radius 2 is 1.19 bits per heavy atom. The van der Waals surface area contributed by atoms with E-state index >= 15 is 0 Å². The molecule has 0 saturated carbocycles. The molecule has 1 unspecified atom stereocenters. The second kappa shape index (κ2) is 19.9. The number of nitrogens with zero attached hydrogens (tertiary/aromatic N) is 1. The van der Waals surface area contributed by atoms with Crippen molar-refractivity contribution >= 4 is 7.60 Å². The number of aromatic hydroxyl groups is 1. The Balaban J connectivity index is 0.0000176. The lowest BCUT2D eigenvalue weighted by Crippen LogP contribution is -3.00. The molecule has 0 spiro atoms. The highest BCUT2D eigenvalue weighted by Crippen LogP contribution is 2.60. The number of quaternary nitrogens is 1. The summed E-state index contributed by atoms with van der Waals surface area (Å²) < 4.78 is 27.0. The molecule has 0 aliphatic heterocycles. The second-order valence-corrected chi connectivity index (χ2v) is 16.9. The van der Waals surface area contributed by atoms with Gasteiger partial charge in [-0.2, -0.15) is 0 Å². The Labute approximate surface area is 277 Å². The van der Waals surface area contributed by atoms with Crippen LogP contribution >= 0.6 is 7.60 Å². The van der Waals surface area contributed by atoms with Crippen LogP contribution in [0, 0.1) is 0 Å². The average molecular weight is 692 g/mol. The molecule has 2 N–H and O–H groups in total. The molecule has 0 amide bonds. The minimum atomic E-state index is -3.54. The molecule has 1 atom stereocenters. The van der Waals surface area contributed by atoms with Crippen LogP contribution in [0.2, 0.25) is 0 Å². The van der Waals surface area contributed by atoms with Gasteiger partial charge >= 0.3 is 7.60 Å². The second-order valence-electron chi connectivity index (χ2n) is 14.8. The lowest BCUT2D eigenvalue weighted by atomic mass is 9.78. The normalized spacial score (nSPS) is 13.7.